The Morgan fingerprint density at radius 1 is 0.633 bits per heavy atom. The van der Waals surface area contributed by atoms with Crippen molar-refractivity contribution >= 4 is 11.0 Å². The number of rotatable bonds is 5. The fourth-order valence-corrected chi connectivity index (χ4v) is 4.47. The summed E-state index contributed by atoms with van der Waals surface area (Å²) in [6.07, 6.45) is 1.90. The van der Waals surface area contributed by atoms with Crippen LogP contribution in [0.3, 0.4) is 0 Å². The molecule has 1 N–H and O–H groups in total. The summed E-state index contributed by atoms with van der Waals surface area (Å²) in [4.78, 5) is 4.72. The van der Waals surface area contributed by atoms with E-state index in [9.17, 15) is 5.11 Å². The van der Waals surface area contributed by atoms with Gasteiger partial charge in [0, 0.05) is 5.56 Å². The van der Waals surface area contributed by atoms with Crippen LogP contribution >= 0.6 is 0 Å². The highest BCUT2D eigenvalue weighted by Gasteiger charge is 2.39. The Bertz CT molecular complexity index is 1170. The Morgan fingerprint density at radius 3 is 1.60 bits per heavy atom. The van der Waals surface area contributed by atoms with Crippen LogP contribution in [0.5, 0.6) is 0 Å². The number of fused-ring (bicyclic) bond motifs is 1. The van der Waals surface area contributed by atoms with E-state index in [2.05, 4.69) is 77.4 Å². The quantitative estimate of drug-likeness (QED) is 0.410. The smallest absolute Gasteiger partial charge is 0.122 e. The fraction of sp³-hybridized carbons (Fsp3) is 0.0741. The van der Waals surface area contributed by atoms with Gasteiger partial charge >= 0.3 is 0 Å². The Kier molecular flexibility index (Phi) is 4.66. The molecule has 146 valence electrons. The van der Waals surface area contributed by atoms with Crippen molar-refractivity contribution in [3.8, 4) is 0 Å². The molecule has 0 saturated carbocycles. The SMILES string of the molecule is OCc1cccc2ncn(C(c3ccccc3)(c3ccccc3)c3ccccc3)c12. The topological polar surface area (TPSA) is 38.1 Å². The largest absolute Gasteiger partial charge is 0.392 e. The van der Waals surface area contributed by atoms with E-state index in [4.69, 9.17) is 4.98 Å². The molecular formula is C27H22N2O. The van der Waals surface area contributed by atoms with Gasteiger partial charge in [-0.2, -0.15) is 0 Å². The fourth-order valence-electron chi connectivity index (χ4n) is 4.47. The summed E-state index contributed by atoms with van der Waals surface area (Å²) in [5.74, 6) is 0. The zero-order chi connectivity index (χ0) is 20.4. The second-order valence-corrected chi connectivity index (χ2v) is 7.37. The lowest BCUT2D eigenvalue weighted by Gasteiger charge is -2.38. The minimum atomic E-state index is -0.635. The van der Waals surface area contributed by atoms with Gasteiger partial charge in [-0.05, 0) is 22.8 Å². The van der Waals surface area contributed by atoms with Crippen LogP contribution in [0.4, 0.5) is 0 Å². The van der Waals surface area contributed by atoms with Crippen LogP contribution in [0.1, 0.15) is 22.3 Å². The van der Waals surface area contributed by atoms with Crippen molar-refractivity contribution in [2.45, 2.75) is 12.1 Å². The summed E-state index contributed by atoms with van der Waals surface area (Å²) in [6.45, 7) is -0.0442. The lowest BCUT2D eigenvalue weighted by molar-refractivity contribution is 0.282. The summed E-state index contributed by atoms with van der Waals surface area (Å²) < 4.78 is 2.22. The Hall–Kier alpha value is -3.69. The predicted molar refractivity (Wildman–Crippen MR) is 120 cm³/mol. The molecule has 5 aromatic rings. The van der Waals surface area contributed by atoms with E-state index in [0.717, 1.165) is 33.3 Å². The van der Waals surface area contributed by atoms with Crippen molar-refractivity contribution in [1.82, 2.24) is 9.55 Å². The summed E-state index contributed by atoms with van der Waals surface area (Å²) in [5.41, 5.74) is 5.44. The minimum Gasteiger partial charge on any atom is -0.392 e. The van der Waals surface area contributed by atoms with Crippen LogP contribution in [-0.4, -0.2) is 14.7 Å². The Labute approximate surface area is 175 Å². The van der Waals surface area contributed by atoms with Crippen LogP contribution in [0, 0.1) is 0 Å². The van der Waals surface area contributed by atoms with Crippen LogP contribution in [0.15, 0.2) is 116 Å². The average molecular weight is 390 g/mol. The average Bonchev–Trinajstić information content (AvgIpc) is 3.26. The Balaban J connectivity index is 1.98. The number of nitrogens with zero attached hydrogens (tertiary/aromatic N) is 2. The predicted octanol–water partition coefficient (Wildman–Crippen LogP) is 5.37. The summed E-state index contributed by atoms with van der Waals surface area (Å²) in [5, 5.41) is 10.1. The standard InChI is InChI=1S/C27H22N2O/c30-19-21-11-10-18-25-26(21)29(20-28-25)27(22-12-4-1-5-13-22,23-14-6-2-7-15-23)24-16-8-3-9-17-24/h1-18,20,30H,19H2. The molecule has 1 aromatic heterocycles. The first-order valence-corrected chi connectivity index (χ1v) is 10.1. The zero-order valence-electron chi connectivity index (χ0n) is 16.5. The Morgan fingerprint density at radius 2 is 1.13 bits per heavy atom. The van der Waals surface area contributed by atoms with Crippen molar-refractivity contribution in [3.63, 3.8) is 0 Å². The van der Waals surface area contributed by atoms with E-state index >= 15 is 0 Å². The van der Waals surface area contributed by atoms with Gasteiger partial charge in [-0.25, -0.2) is 4.98 Å². The van der Waals surface area contributed by atoms with Crippen molar-refractivity contribution in [2.24, 2.45) is 0 Å². The maximum absolute atomic E-state index is 10.1. The molecule has 0 aliphatic rings. The van der Waals surface area contributed by atoms with Gasteiger partial charge in [0.25, 0.3) is 0 Å². The van der Waals surface area contributed by atoms with Crippen LogP contribution in [-0.2, 0) is 12.1 Å². The molecule has 0 fully saturated rings. The number of para-hydroxylation sites is 1. The first-order chi connectivity index (χ1) is 14.9. The van der Waals surface area contributed by atoms with Crippen LogP contribution in [0.25, 0.3) is 11.0 Å². The van der Waals surface area contributed by atoms with Crippen LogP contribution in [0.2, 0.25) is 0 Å². The molecule has 0 radical (unpaired) electrons. The number of hydrogen-bond donors (Lipinski definition) is 1. The number of imidazole rings is 1. The number of benzene rings is 4. The third-order valence-corrected chi connectivity index (χ3v) is 5.76. The van der Waals surface area contributed by atoms with Crippen molar-refractivity contribution in [1.29, 1.82) is 0 Å². The molecule has 0 spiro atoms. The monoisotopic (exact) mass is 390 g/mol. The normalized spacial score (nSPS) is 11.6. The number of hydrogen-bond acceptors (Lipinski definition) is 2. The van der Waals surface area contributed by atoms with Gasteiger partial charge in [-0.1, -0.05) is 103 Å². The molecule has 0 saturated heterocycles. The maximum Gasteiger partial charge on any atom is 0.122 e. The molecule has 3 heteroatoms. The number of aromatic nitrogens is 2. The summed E-state index contributed by atoms with van der Waals surface area (Å²) in [6, 6.07) is 37.4. The maximum atomic E-state index is 10.1. The summed E-state index contributed by atoms with van der Waals surface area (Å²) in [7, 11) is 0. The van der Waals surface area contributed by atoms with Gasteiger partial charge < -0.3 is 9.67 Å². The molecular weight excluding hydrogens is 368 g/mol. The highest BCUT2D eigenvalue weighted by Crippen LogP contribution is 2.42. The lowest BCUT2D eigenvalue weighted by Crippen LogP contribution is -2.37. The first-order valence-electron chi connectivity index (χ1n) is 10.1. The molecule has 30 heavy (non-hydrogen) atoms. The van der Waals surface area contributed by atoms with E-state index in [1.807, 2.05) is 42.7 Å². The van der Waals surface area contributed by atoms with E-state index in [-0.39, 0.29) is 6.61 Å². The van der Waals surface area contributed by atoms with Gasteiger partial charge in [-0.3, -0.25) is 0 Å². The molecule has 1 heterocycles. The molecule has 0 bridgehead atoms. The molecule has 0 aliphatic heterocycles. The highest BCUT2D eigenvalue weighted by atomic mass is 16.3. The summed E-state index contributed by atoms with van der Waals surface area (Å²) >= 11 is 0. The third-order valence-electron chi connectivity index (χ3n) is 5.76. The molecule has 0 amide bonds. The van der Waals surface area contributed by atoms with Crippen LogP contribution < -0.4 is 0 Å². The van der Waals surface area contributed by atoms with E-state index in [1.54, 1.807) is 0 Å². The van der Waals surface area contributed by atoms with Gasteiger partial charge in [0.2, 0.25) is 0 Å². The molecule has 3 nitrogen and oxygen atoms in total. The van der Waals surface area contributed by atoms with Crippen molar-refractivity contribution in [3.05, 3.63) is 138 Å². The molecule has 0 atom stereocenters. The van der Waals surface area contributed by atoms with Gasteiger partial charge in [0.05, 0.1) is 24.0 Å². The molecule has 4 aromatic carbocycles. The first kappa shape index (κ1) is 18.3. The van der Waals surface area contributed by atoms with E-state index < -0.39 is 5.54 Å². The van der Waals surface area contributed by atoms with Gasteiger partial charge in [0.1, 0.15) is 5.54 Å². The zero-order valence-corrected chi connectivity index (χ0v) is 16.5. The van der Waals surface area contributed by atoms with Gasteiger partial charge in [-0.15, -0.1) is 0 Å². The molecule has 0 unspecified atom stereocenters. The molecule has 5 rings (SSSR count). The third kappa shape index (κ3) is 2.75. The van der Waals surface area contributed by atoms with Crippen molar-refractivity contribution < 1.29 is 5.11 Å². The van der Waals surface area contributed by atoms with Gasteiger partial charge in [0.15, 0.2) is 0 Å². The number of aliphatic hydroxyl groups is 1. The highest BCUT2D eigenvalue weighted by molar-refractivity contribution is 5.80. The second kappa shape index (κ2) is 7.62. The second-order valence-electron chi connectivity index (χ2n) is 7.37. The minimum absolute atomic E-state index is 0.0442. The molecule has 0 aliphatic carbocycles. The van der Waals surface area contributed by atoms with E-state index in [1.165, 1.54) is 0 Å². The number of aliphatic hydroxyl groups excluding tert-OH is 1. The van der Waals surface area contributed by atoms with Crippen molar-refractivity contribution in [2.75, 3.05) is 0 Å². The van der Waals surface area contributed by atoms with E-state index in [0.29, 0.717) is 0 Å². The lowest BCUT2D eigenvalue weighted by atomic mass is 9.76.